The summed E-state index contributed by atoms with van der Waals surface area (Å²) in [6.45, 7) is 4.03. The lowest BCUT2D eigenvalue weighted by molar-refractivity contribution is 0.150. The van der Waals surface area contributed by atoms with E-state index < -0.39 is 0 Å². The van der Waals surface area contributed by atoms with E-state index in [1.165, 1.54) is 5.56 Å². The first-order chi connectivity index (χ1) is 9.81. The van der Waals surface area contributed by atoms with Crippen molar-refractivity contribution in [2.45, 2.75) is 19.0 Å². The van der Waals surface area contributed by atoms with Gasteiger partial charge in [0.1, 0.15) is 0 Å². The van der Waals surface area contributed by atoms with Crippen molar-refractivity contribution in [2.24, 2.45) is 7.05 Å². The zero-order valence-corrected chi connectivity index (χ0v) is 11.9. The van der Waals surface area contributed by atoms with Gasteiger partial charge < -0.3 is 5.32 Å². The predicted octanol–water partition coefficient (Wildman–Crippen LogP) is 0.832. The number of nitrogens with zero attached hydrogens (tertiary/aromatic N) is 4. The van der Waals surface area contributed by atoms with E-state index in [2.05, 4.69) is 50.9 Å². The van der Waals surface area contributed by atoms with Crippen LogP contribution in [0.1, 0.15) is 11.3 Å². The Morgan fingerprint density at radius 3 is 2.90 bits per heavy atom. The summed E-state index contributed by atoms with van der Waals surface area (Å²) in [5.74, 6) is 0. The van der Waals surface area contributed by atoms with E-state index in [0.717, 1.165) is 38.3 Å². The number of hydrogen-bond donors (Lipinski definition) is 1. The fraction of sp³-hybridized carbons (Fsp3) is 0.467. The number of benzene rings is 1. The average Bonchev–Trinajstić information content (AvgIpc) is 2.88. The summed E-state index contributed by atoms with van der Waals surface area (Å²) in [5, 5.41) is 11.7. The number of nitrogens with one attached hydrogen (secondary N) is 1. The minimum Gasteiger partial charge on any atom is -0.314 e. The number of piperazine rings is 1. The highest BCUT2D eigenvalue weighted by molar-refractivity contribution is 5.16. The van der Waals surface area contributed by atoms with Crippen molar-refractivity contribution >= 4 is 0 Å². The SMILES string of the molecule is Cn1cc(CN2CCNCC2Cc2ccccc2)nn1. The molecule has 5 nitrogen and oxygen atoms in total. The van der Waals surface area contributed by atoms with Crippen LogP contribution in [-0.4, -0.2) is 45.6 Å². The molecule has 1 aromatic carbocycles. The van der Waals surface area contributed by atoms with Crippen LogP contribution < -0.4 is 5.32 Å². The third-order valence-corrected chi connectivity index (χ3v) is 3.80. The van der Waals surface area contributed by atoms with Crippen LogP contribution in [0.3, 0.4) is 0 Å². The van der Waals surface area contributed by atoms with Crippen LogP contribution in [-0.2, 0) is 20.0 Å². The molecule has 0 aliphatic carbocycles. The van der Waals surface area contributed by atoms with E-state index in [4.69, 9.17) is 0 Å². The van der Waals surface area contributed by atoms with Crippen LogP contribution in [0.15, 0.2) is 36.5 Å². The van der Waals surface area contributed by atoms with Gasteiger partial charge in [-0.05, 0) is 12.0 Å². The fourth-order valence-corrected chi connectivity index (χ4v) is 2.77. The summed E-state index contributed by atoms with van der Waals surface area (Å²) in [5.41, 5.74) is 2.44. The molecule has 106 valence electrons. The molecule has 1 aliphatic rings. The first kappa shape index (κ1) is 13.3. The van der Waals surface area contributed by atoms with Gasteiger partial charge in [0.15, 0.2) is 0 Å². The molecule has 3 rings (SSSR count). The Hall–Kier alpha value is -1.72. The first-order valence-corrected chi connectivity index (χ1v) is 7.15. The van der Waals surface area contributed by atoms with Gasteiger partial charge in [0, 0.05) is 45.5 Å². The first-order valence-electron chi connectivity index (χ1n) is 7.15. The molecule has 0 radical (unpaired) electrons. The molecule has 1 unspecified atom stereocenters. The van der Waals surface area contributed by atoms with Crippen LogP contribution in [0.2, 0.25) is 0 Å². The number of rotatable bonds is 4. The fourth-order valence-electron chi connectivity index (χ4n) is 2.77. The molecule has 1 N–H and O–H groups in total. The highest BCUT2D eigenvalue weighted by Gasteiger charge is 2.23. The Kier molecular flexibility index (Phi) is 4.08. The van der Waals surface area contributed by atoms with Crippen LogP contribution in [0.25, 0.3) is 0 Å². The Morgan fingerprint density at radius 1 is 1.30 bits per heavy atom. The second-order valence-corrected chi connectivity index (χ2v) is 5.40. The maximum absolute atomic E-state index is 4.20. The lowest BCUT2D eigenvalue weighted by Crippen LogP contribution is -2.51. The Bertz CT molecular complexity index is 536. The molecule has 1 atom stereocenters. The average molecular weight is 271 g/mol. The Labute approximate surface area is 119 Å². The molecule has 0 amide bonds. The minimum absolute atomic E-state index is 0.521. The van der Waals surface area contributed by atoms with Crippen LogP contribution >= 0.6 is 0 Å². The molecule has 2 aromatic rings. The van der Waals surface area contributed by atoms with Gasteiger partial charge in [-0.15, -0.1) is 5.10 Å². The van der Waals surface area contributed by atoms with Crippen molar-refractivity contribution in [3.63, 3.8) is 0 Å². The summed E-state index contributed by atoms with van der Waals surface area (Å²) in [7, 11) is 1.91. The largest absolute Gasteiger partial charge is 0.314 e. The van der Waals surface area contributed by atoms with Gasteiger partial charge in [-0.2, -0.15) is 0 Å². The highest BCUT2D eigenvalue weighted by Crippen LogP contribution is 2.13. The normalized spacial score (nSPS) is 20.1. The van der Waals surface area contributed by atoms with Crippen LogP contribution in [0.4, 0.5) is 0 Å². The van der Waals surface area contributed by atoms with Crippen molar-refractivity contribution in [1.82, 2.24) is 25.2 Å². The van der Waals surface area contributed by atoms with Gasteiger partial charge >= 0.3 is 0 Å². The van der Waals surface area contributed by atoms with Crippen LogP contribution in [0.5, 0.6) is 0 Å². The molecule has 1 saturated heterocycles. The van der Waals surface area contributed by atoms with Gasteiger partial charge in [0.05, 0.1) is 5.69 Å². The Morgan fingerprint density at radius 2 is 2.15 bits per heavy atom. The van der Waals surface area contributed by atoms with Gasteiger partial charge in [0.2, 0.25) is 0 Å². The smallest absolute Gasteiger partial charge is 0.0967 e. The molecule has 0 bridgehead atoms. The van der Waals surface area contributed by atoms with E-state index in [1.54, 1.807) is 4.68 Å². The van der Waals surface area contributed by atoms with E-state index in [0.29, 0.717) is 6.04 Å². The zero-order valence-electron chi connectivity index (χ0n) is 11.9. The third kappa shape index (κ3) is 3.23. The van der Waals surface area contributed by atoms with Gasteiger partial charge in [0.25, 0.3) is 0 Å². The zero-order chi connectivity index (χ0) is 13.8. The molecule has 2 heterocycles. The molecular formula is C15H21N5. The standard InChI is InChI=1S/C15H21N5/c1-19-11-14(17-18-19)12-20-8-7-16-10-15(20)9-13-5-3-2-4-6-13/h2-6,11,15-16H,7-10,12H2,1H3. The van der Waals surface area contributed by atoms with Crippen LogP contribution in [0, 0.1) is 0 Å². The van der Waals surface area contributed by atoms with Crippen molar-refractivity contribution in [3.8, 4) is 0 Å². The molecule has 5 heteroatoms. The van der Waals surface area contributed by atoms with E-state index in [1.807, 2.05) is 13.2 Å². The van der Waals surface area contributed by atoms with Gasteiger partial charge in [-0.1, -0.05) is 35.5 Å². The summed E-state index contributed by atoms with van der Waals surface area (Å²) in [4.78, 5) is 2.51. The van der Waals surface area contributed by atoms with Crippen molar-refractivity contribution in [3.05, 3.63) is 47.8 Å². The predicted molar refractivity (Wildman–Crippen MR) is 78.2 cm³/mol. The monoisotopic (exact) mass is 271 g/mol. The van der Waals surface area contributed by atoms with Gasteiger partial charge in [-0.25, -0.2) is 0 Å². The third-order valence-electron chi connectivity index (χ3n) is 3.80. The molecule has 1 aromatic heterocycles. The summed E-state index contributed by atoms with van der Waals surface area (Å²) >= 11 is 0. The molecule has 0 saturated carbocycles. The quantitative estimate of drug-likeness (QED) is 0.895. The number of aromatic nitrogens is 3. The van der Waals surface area contributed by atoms with Crippen molar-refractivity contribution in [1.29, 1.82) is 0 Å². The van der Waals surface area contributed by atoms with E-state index in [9.17, 15) is 0 Å². The summed E-state index contributed by atoms with van der Waals surface area (Å²) in [6.07, 6.45) is 3.08. The lowest BCUT2D eigenvalue weighted by atomic mass is 10.0. The van der Waals surface area contributed by atoms with Crippen molar-refractivity contribution in [2.75, 3.05) is 19.6 Å². The molecule has 0 spiro atoms. The highest BCUT2D eigenvalue weighted by atomic mass is 15.4. The maximum atomic E-state index is 4.20. The molecular weight excluding hydrogens is 250 g/mol. The molecule has 1 aliphatic heterocycles. The molecule has 1 fully saturated rings. The van der Waals surface area contributed by atoms with E-state index in [-0.39, 0.29) is 0 Å². The minimum atomic E-state index is 0.521. The summed E-state index contributed by atoms with van der Waals surface area (Å²) < 4.78 is 1.77. The van der Waals surface area contributed by atoms with E-state index >= 15 is 0 Å². The van der Waals surface area contributed by atoms with Gasteiger partial charge in [-0.3, -0.25) is 9.58 Å². The topological polar surface area (TPSA) is 46.0 Å². The second-order valence-electron chi connectivity index (χ2n) is 5.40. The summed E-state index contributed by atoms with van der Waals surface area (Å²) in [6, 6.07) is 11.2. The Balaban J connectivity index is 1.67. The maximum Gasteiger partial charge on any atom is 0.0967 e. The number of aryl methyl sites for hydroxylation is 1. The van der Waals surface area contributed by atoms with Crippen molar-refractivity contribution < 1.29 is 0 Å². The second kappa shape index (κ2) is 6.15. The lowest BCUT2D eigenvalue weighted by Gasteiger charge is -2.35. The number of hydrogen-bond acceptors (Lipinski definition) is 4. The molecule has 20 heavy (non-hydrogen) atoms.